The molecular formula is C8H11ClN2S. The van der Waals surface area contributed by atoms with Gasteiger partial charge in [0.05, 0.1) is 0 Å². The minimum atomic E-state index is 0.532. The van der Waals surface area contributed by atoms with Crippen molar-refractivity contribution in [3.05, 3.63) is 23.4 Å². The third-order valence-electron chi connectivity index (χ3n) is 1.33. The van der Waals surface area contributed by atoms with Gasteiger partial charge in [0.2, 0.25) is 0 Å². The summed E-state index contributed by atoms with van der Waals surface area (Å²) in [6, 6.07) is 5.56. The van der Waals surface area contributed by atoms with Crippen molar-refractivity contribution in [3.8, 4) is 0 Å². The molecule has 0 spiro atoms. The molecule has 1 aromatic heterocycles. The summed E-state index contributed by atoms with van der Waals surface area (Å²) in [5.41, 5.74) is 0. The summed E-state index contributed by atoms with van der Waals surface area (Å²) in [6.45, 7) is 0.925. The Hall–Kier alpha value is -0.410. The van der Waals surface area contributed by atoms with E-state index in [1.54, 1.807) is 17.8 Å². The van der Waals surface area contributed by atoms with Crippen molar-refractivity contribution in [1.82, 2.24) is 4.98 Å². The Morgan fingerprint density at radius 3 is 3.08 bits per heavy atom. The number of halogens is 1. The predicted molar refractivity (Wildman–Crippen MR) is 56.1 cm³/mol. The molecule has 0 atom stereocenters. The Bertz CT molecular complexity index is 242. The predicted octanol–water partition coefficient (Wildman–Crippen LogP) is 2.51. The van der Waals surface area contributed by atoms with Crippen LogP contribution in [-0.4, -0.2) is 23.5 Å². The van der Waals surface area contributed by atoms with Gasteiger partial charge in [-0.15, -0.1) is 0 Å². The number of thioether (sulfide) groups is 1. The summed E-state index contributed by atoms with van der Waals surface area (Å²) in [6.07, 6.45) is 2.08. The number of hydrogen-bond acceptors (Lipinski definition) is 3. The molecule has 0 radical (unpaired) electrons. The monoisotopic (exact) mass is 202 g/mol. The minimum absolute atomic E-state index is 0.532. The van der Waals surface area contributed by atoms with E-state index >= 15 is 0 Å². The van der Waals surface area contributed by atoms with E-state index in [0.29, 0.717) is 5.15 Å². The Kier molecular flexibility index (Phi) is 4.25. The lowest BCUT2D eigenvalue weighted by atomic mass is 10.4. The Labute approximate surface area is 81.7 Å². The van der Waals surface area contributed by atoms with E-state index in [1.165, 1.54) is 0 Å². The van der Waals surface area contributed by atoms with Crippen LogP contribution < -0.4 is 5.32 Å². The summed E-state index contributed by atoms with van der Waals surface area (Å²) >= 11 is 7.50. The van der Waals surface area contributed by atoms with Crippen LogP contribution in [0.25, 0.3) is 0 Å². The van der Waals surface area contributed by atoms with Crippen molar-refractivity contribution in [2.75, 3.05) is 23.9 Å². The van der Waals surface area contributed by atoms with E-state index < -0.39 is 0 Å². The second-order valence-corrected chi connectivity index (χ2v) is 3.64. The van der Waals surface area contributed by atoms with Crippen LogP contribution in [0.4, 0.5) is 5.82 Å². The van der Waals surface area contributed by atoms with Gasteiger partial charge in [-0.1, -0.05) is 17.7 Å². The molecule has 1 N–H and O–H groups in total. The molecule has 0 aliphatic carbocycles. The average Bonchev–Trinajstić information content (AvgIpc) is 2.05. The maximum atomic E-state index is 5.70. The molecule has 1 heterocycles. The normalized spacial score (nSPS) is 9.83. The first-order valence-electron chi connectivity index (χ1n) is 3.68. The molecule has 0 saturated heterocycles. The molecule has 4 heteroatoms. The molecule has 0 unspecified atom stereocenters. The summed E-state index contributed by atoms with van der Waals surface area (Å²) < 4.78 is 0. The molecule has 1 rings (SSSR count). The molecule has 2 nitrogen and oxygen atoms in total. The second kappa shape index (κ2) is 5.27. The molecule has 0 aliphatic rings. The highest BCUT2D eigenvalue weighted by Gasteiger charge is 1.92. The number of hydrogen-bond donors (Lipinski definition) is 1. The highest BCUT2D eigenvalue weighted by atomic mass is 35.5. The molecule has 0 amide bonds. The summed E-state index contributed by atoms with van der Waals surface area (Å²) in [5.74, 6) is 1.92. The van der Waals surface area contributed by atoms with Gasteiger partial charge in [0.25, 0.3) is 0 Å². The van der Waals surface area contributed by atoms with Gasteiger partial charge >= 0.3 is 0 Å². The standard InChI is InChI=1S/C8H11ClN2S/c1-12-6-5-10-8-4-2-3-7(9)11-8/h2-4H,5-6H2,1H3,(H,10,11). The molecule has 0 saturated carbocycles. The fourth-order valence-electron chi connectivity index (χ4n) is 0.788. The van der Waals surface area contributed by atoms with E-state index in [-0.39, 0.29) is 0 Å². The summed E-state index contributed by atoms with van der Waals surface area (Å²) in [7, 11) is 0. The molecule has 0 fully saturated rings. The van der Waals surface area contributed by atoms with E-state index in [4.69, 9.17) is 11.6 Å². The van der Waals surface area contributed by atoms with Crippen molar-refractivity contribution >= 4 is 29.2 Å². The summed E-state index contributed by atoms with van der Waals surface area (Å²) in [4.78, 5) is 4.09. The van der Waals surface area contributed by atoms with E-state index in [2.05, 4.69) is 16.6 Å². The van der Waals surface area contributed by atoms with Crippen LogP contribution >= 0.6 is 23.4 Å². The smallest absolute Gasteiger partial charge is 0.131 e. The van der Waals surface area contributed by atoms with Gasteiger partial charge in [-0.25, -0.2) is 4.98 Å². The number of rotatable bonds is 4. The van der Waals surface area contributed by atoms with Gasteiger partial charge < -0.3 is 5.32 Å². The van der Waals surface area contributed by atoms with Crippen LogP contribution in [0.15, 0.2) is 18.2 Å². The zero-order chi connectivity index (χ0) is 8.81. The fourth-order valence-corrected chi connectivity index (χ4v) is 1.26. The third-order valence-corrected chi connectivity index (χ3v) is 2.15. The molecule has 0 aromatic carbocycles. The molecule has 0 bridgehead atoms. The van der Waals surface area contributed by atoms with Crippen LogP contribution in [0.5, 0.6) is 0 Å². The maximum Gasteiger partial charge on any atom is 0.131 e. The van der Waals surface area contributed by atoms with Gasteiger partial charge in [0, 0.05) is 12.3 Å². The van der Waals surface area contributed by atoms with Crippen molar-refractivity contribution in [1.29, 1.82) is 0 Å². The fraction of sp³-hybridized carbons (Fsp3) is 0.375. The lowest BCUT2D eigenvalue weighted by molar-refractivity contribution is 1.17. The van der Waals surface area contributed by atoms with Gasteiger partial charge in [0.15, 0.2) is 0 Å². The molecule has 66 valence electrons. The molecule has 0 aliphatic heterocycles. The van der Waals surface area contributed by atoms with Crippen LogP contribution in [0, 0.1) is 0 Å². The molecule has 12 heavy (non-hydrogen) atoms. The lowest BCUT2D eigenvalue weighted by Crippen LogP contribution is -2.04. The zero-order valence-electron chi connectivity index (χ0n) is 6.88. The Balaban J connectivity index is 2.41. The quantitative estimate of drug-likeness (QED) is 0.600. The lowest BCUT2D eigenvalue weighted by Gasteiger charge is -2.03. The van der Waals surface area contributed by atoms with Crippen molar-refractivity contribution in [2.24, 2.45) is 0 Å². The molecule has 1 aromatic rings. The first-order chi connectivity index (χ1) is 5.83. The van der Waals surface area contributed by atoms with Gasteiger partial charge in [0.1, 0.15) is 11.0 Å². The first-order valence-corrected chi connectivity index (χ1v) is 5.45. The average molecular weight is 203 g/mol. The number of nitrogens with one attached hydrogen (secondary N) is 1. The van der Waals surface area contributed by atoms with Crippen LogP contribution in [0.3, 0.4) is 0 Å². The first kappa shape index (κ1) is 9.68. The number of aromatic nitrogens is 1. The van der Waals surface area contributed by atoms with Crippen LogP contribution in [-0.2, 0) is 0 Å². The SMILES string of the molecule is CSCCNc1cccc(Cl)n1. The highest BCUT2D eigenvalue weighted by molar-refractivity contribution is 7.98. The summed E-state index contributed by atoms with van der Waals surface area (Å²) in [5, 5.41) is 3.70. The van der Waals surface area contributed by atoms with Gasteiger partial charge in [-0.2, -0.15) is 11.8 Å². The third kappa shape index (κ3) is 3.32. The van der Waals surface area contributed by atoms with Gasteiger partial charge in [-0.05, 0) is 18.4 Å². The second-order valence-electron chi connectivity index (χ2n) is 2.27. The van der Waals surface area contributed by atoms with Crippen LogP contribution in [0.2, 0.25) is 5.15 Å². The largest absolute Gasteiger partial charge is 0.369 e. The Morgan fingerprint density at radius 2 is 2.42 bits per heavy atom. The number of pyridine rings is 1. The van der Waals surface area contributed by atoms with E-state index in [9.17, 15) is 0 Å². The number of anilines is 1. The van der Waals surface area contributed by atoms with E-state index in [1.807, 2.05) is 12.1 Å². The maximum absolute atomic E-state index is 5.70. The molecular weight excluding hydrogens is 192 g/mol. The number of nitrogens with zero attached hydrogens (tertiary/aromatic N) is 1. The Morgan fingerprint density at radius 1 is 1.58 bits per heavy atom. The topological polar surface area (TPSA) is 24.9 Å². The highest BCUT2D eigenvalue weighted by Crippen LogP contribution is 2.08. The van der Waals surface area contributed by atoms with E-state index in [0.717, 1.165) is 18.1 Å². The van der Waals surface area contributed by atoms with Crippen molar-refractivity contribution in [3.63, 3.8) is 0 Å². The van der Waals surface area contributed by atoms with Crippen LogP contribution in [0.1, 0.15) is 0 Å². The zero-order valence-corrected chi connectivity index (χ0v) is 8.45. The van der Waals surface area contributed by atoms with Crippen molar-refractivity contribution in [2.45, 2.75) is 0 Å². The minimum Gasteiger partial charge on any atom is -0.369 e. The van der Waals surface area contributed by atoms with Gasteiger partial charge in [-0.3, -0.25) is 0 Å². The van der Waals surface area contributed by atoms with Crippen molar-refractivity contribution < 1.29 is 0 Å².